The third-order valence-electron chi connectivity index (χ3n) is 3.92. The van der Waals surface area contributed by atoms with Crippen LogP contribution in [0, 0.1) is 5.92 Å². The van der Waals surface area contributed by atoms with Gasteiger partial charge in [-0.1, -0.05) is 55.2 Å². The Morgan fingerprint density at radius 2 is 1.85 bits per heavy atom. The molecule has 2 aromatic rings. The van der Waals surface area contributed by atoms with Crippen molar-refractivity contribution >= 4 is 35.2 Å². The summed E-state index contributed by atoms with van der Waals surface area (Å²) >= 11 is 12.0. The van der Waals surface area contributed by atoms with Gasteiger partial charge in [-0.15, -0.1) is 0 Å². The first kappa shape index (κ1) is 20.3. The lowest BCUT2D eigenvalue weighted by atomic mass is 9.97. The van der Waals surface area contributed by atoms with E-state index in [9.17, 15) is 4.79 Å². The van der Waals surface area contributed by atoms with Gasteiger partial charge in [-0.2, -0.15) is 0 Å². The molecule has 0 aromatic heterocycles. The second-order valence-corrected chi connectivity index (χ2v) is 7.31. The topological polar surface area (TPSA) is 38.3 Å². The molecule has 0 aliphatic rings. The van der Waals surface area contributed by atoms with Gasteiger partial charge in [-0.3, -0.25) is 4.79 Å². The van der Waals surface area contributed by atoms with Crippen molar-refractivity contribution < 1.29 is 9.53 Å². The molecule has 26 heavy (non-hydrogen) atoms. The molecule has 0 fully saturated rings. The number of methoxy groups -OCH3 is 1. The molecule has 0 spiro atoms. The van der Waals surface area contributed by atoms with E-state index in [4.69, 9.17) is 27.9 Å². The first-order valence-electron chi connectivity index (χ1n) is 8.46. The molecule has 1 N–H and O–H groups in total. The number of carbonyl (C=O) groups is 1. The number of amides is 1. The van der Waals surface area contributed by atoms with Gasteiger partial charge in [-0.25, -0.2) is 0 Å². The molecule has 3 nitrogen and oxygen atoms in total. The average molecular weight is 392 g/mol. The monoisotopic (exact) mass is 391 g/mol. The van der Waals surface area contributed by atoms with Crippen molar-refractivity contribution in [2.45, 2.75) is 26.3 Å². The fourth-order valence-electron chi connectivity index (χ4n) is 2.61. The number of halogens is 2. The van der Waals surface area contributed by atoms with Crippen LogP contribution in [0.2, 0.25) is 10.0 Å². The van der Waals surface area contributed by atoms with Gasteiger partial charge in [0.1, 0.15) is 5.75 Å². The minimum atomic E-state index is -0.169. The summed E-state index contributed by atoms with van der Waals surface area (Å²) in [5.74, 6) is 1.07. The molecule has 0 heterocycles. The van der Waals surface area contributed by atoms with Crippen LogP contribution in [0.15, 0.2) is 48.5 Å². The van der Waals surface area contributed by atoms with Gasteiger partial charge in [0, 0.05) is 16.1 Å². The van der Waals surface area contributed by atoms with E-state index in [-0.39, 0.29) is 11.9 Å². The molecule has 0 aliphatic carbocycles. The summed E-state index contributed by atoms with van der Waals surface area (Å²) in [7, 11) is 1.63. The zero-order valence-electron chi connectivity index (χ0n) is 15.1. The van der Waals surface area contributed by atoms with Crippen LogP contribution in [0.5, 0.6) is 5.75 Å². The van der Waals surface area contributed by atoms with Crippen molar-refractivity contribution in [2.75, 3.05) is 7.11 Å². The number of nitrogens with one attached hydrogen (secondary N) is 1. The highest BCUT2D eigenvalue weighted by Crippen LogP contribution is 2.24. The maximum absolute atomic E-state index is 12.4. The first-order chi connectivity index (χ1) is 12.4. The fourth-order valence-corrected chi connectivity index (χ4v) is 3.08. The second-order valence-electron chi connectivity index (χ2n) is 6.46. The van der Waals surface area contributed by atoms with Crippen molar-refractivity contribution in [3.63, 3.8) is 0 Å². The van der Waals surface area contributed by atoms with Gasteiger partial charge in [0.15, 0.2) is 0 Å². The third-order valence-corrected chi connectivity index (χ3v) is 4.48. The molecule has 0 radical (unpaired) electrons. The molecule has 1 atom stereocenters. The molecule has 0 saturated heterocycles. The molecular weight excluding hydrogens is 369 g/mol. The van der Waals surface area contributed by atoms with Gasteiger partial charge in [0.25, 0.3) is 0 Å². The quantitative estimate of drug-likeness (QED) is 0.594. The summed E-state index contributed by atoms with van der Waals surface area (Å²) in [4.78, 5) is 12.4. The van der Waals surface area contributed by atoms with E-state index in [1.165, 1.54) is 6.08 Å². The van der Waals surface area contributed by atoms with Crippen LogP contribution in [-0.4, -0.2) is 13.0 Å². The van der Waals surface area contributed by atoms with Gasteiger partial charge < -0.3 is 10.1 Å². The summed E-state index contributed by atoms with van der Waals surface area (Å²) in [5.41, 5.74) is 1.79. The van der Waals surface area contributed by atoms with Crippen molar-refractivity contribution in [1.82, 2.24) is 5.32 Å². The third kappa shape index (κ3) is 6.08. The summed E-state index contributed by atoms with van der Waals surface area (Å²) in [6.07, 6.45) is 4.02. The van der Waals surface area contributed by atoms with Crippen molar-refractivity contribution in [2.24, 2.45) is 5.92 Å². The Kier molecular flexibility index (Phi) is 7.55. The Morgan fingerprint density at radius 1 is 1.15 bits per heavy atom. The van der Waals surface area contributed by atoms with Gasteiger partial charge in [0.2, 0.25) is 5.91 Å². The normalized spacial score (nSPS) is 12.4. The largest absolute Gasteiger partial charge is 0.497 e. The van der Waals surface area contributed by atoms with Crippen LogP contribution in [0.3, 0.4) is 0 Å². The molecule has 5 heteroatoms. The van der Waals surface area contributed by atoms with Crippen LogP contribution in [0.25, 0.3) is 6.08 Å². The molecule has 0 unspecified atom stereocenters. The average Bonchev–Trinajstić information content (AvgIpc) is 2.60. The summed E-state index contributed by atoms with van der Waals surface area (Å²) < 4.78 is 5.20. The Hall–Kier alpha value is -1.97. The number of ether oxygens (including phenoxy) is 1. The molecule has 2 rings (SSSR count). The Morgan fingerprint density at radius 3 is 2.42 bits per heavy atom. The number of hydrogen-bond donors (Lipinski definition) is 1. The lowest BCUT2D eigenvalue weighted by Gasteiger charge is -2.20. The fraction of sp³-hybridized carbons (Fsp3) is 0.286. The van der Waals surface area contributed by atoms with Crippen LogP contribution in [0.1, 0.15) is 37.4 Å². The number of benzene rings is 2. The highest BCUT2D eigenvalue weighted by Gasteiger charge is 2.15. The smallest absolute Gasteiger partial charge is 0.244 e. The van der Waals surface area contributed by atoms with E-state index in [1.807, 2.05) is 24.3 Å². The minimum Gasteiger partial charge on any atom is -0.497 e. The predicted octanol–water partition coefficient (Wildman–Crippen LogP) is 5.92. The van der Waals surface area contributed by atoms with Crippen molar-refractivity contribution in [3.8, 4) is 5.75 Å². The van der Waals surface area contributed by atoms with E-state index in [1.54, 1.807) is 31.4 Å². The Labute approximate surface area is 165 Å². The first-order valence-corrected chi connectivity index (χ1v) is 9.22. The van der Waals surface area contributed by atoms with E-state index in [0.717, 1.165) is 23.3 Å². The molecule has 138 valence electrons. The summed E-state index contributed by atoms with van der Waals surface area (Å²) in [6, 6.07) is 12.9. The number of rotatable bonds is 7. The standard InChI is InChI=1S/C21H23Cl2NO2/c1-14(2)12-20(16-5-9-18(26-3)10-6-16)24-21(25)11-7-15-4-8-17(22)13-19(15)23/h4-11,13-14,20H,12H2,1-3H3,(H,24,25)/b11-7+/t20-/m1/s1. The molecule has 0 bridgehead atoms. The zero-order valence-corrected chi connectivity index (χ0v) is 16.6. The molecule has 2 aromatic carbocycles. The summed E-state index contributed by atoms with van der Waals surface area (Å²) in [6.45, 7) is 4.26. The molecular formula is C21H23Cl2NO2. The van der Waals surface area contributed by atoms with E-state index >= 15 is 0 Å². The molecule has 1 amide bonds. The lowest BCUT2D eigenvalue weighted by molar-refractivity contribution is -0.117. The molecule has 0 aliphatic heterocycles. The summed E-state index contributed by atoms with van der Waals surface area (Å²) in [5, 5.41) is 4.14. The van der Waals surface area contributed by atoms with E-state index in [0.29, 0.717) is 16.0 Å². The van der Waals surface area contributed by atoms with Crippen LogP contribution in [0.4, 0.5) is 0 Å². The Balaban J connectivity index is 2.11. The SMILES string of the molecule is COc1ccc([C@@H](CC(C)C)NC(=O)/C=C/c2ccc(Cl)cc2Cl)cc1. The van der Waals surface area contributed by atoms with Crippen LogP contribution in [-0.2, 0) is 4.79 Å². The van der Waals surface area contributed by atoms with E-state index < -0.39 is 0 Å². The van der Waals surface area contributed by atoms with Crippen molar-refractivity contribution in [3.05, 3.63) is 69.7 Å². The maximum atomic E-state index is 12.4. The van der Waals surface area contributed by atoms with Crippen molar-refractivity contribution in [1.29, 1.82) is 0 Å². The molecule has 0 saturated carbocycles. The highest BCUT2D eigenvalue weighted by atomic mass is 35.5. The predicted molar refractivity (Wildman–Crippen MR) is 109 cm³/mol. The second kappa shape index (κ2) is 9.65. The maximum Gasteiger partial charge on any atom is 0.244 e. The Bertz CT molecular complexity index is 770. The number of hydrogen-bond acceptors (Lipinski definition) is 2. The highest BCUT2D eigenvalue weighted by molar-refractivity contribution is 6.35. The van der Waals surface area contributed by atoms with Gasteiger partial charge in [0.05, 0.1) is 13.2 Å². The zero-order chi connectivity index (χ0) is 19.1. The number of carbonyl (C=O) groups excluding carboxylic acids is 1. The van der Waals surface area contributed by atoms with Gasteiger partial charge in [-0.05, 0) is 53.8 Å². The lowest BCUT2D eigenvalue weighted by Crippen LogP contribution is -2.27. The van der Waals surface area contributed by atoms with Gasteiger partial charge >= 0.3 is 0 Å². The van der Waals surface area contributed by atoms with Crippen LogP contribution < -0.4 is 10.1 Å². The van der Waals surface area contributed by atoms with Crippen LogP contribution >= 0.6 is 23.2 Å². The minimum absolute atomic E-state index is 0.0706. The van der Waals surface area contributed by atoms with E-state index in [2.05, 4.69) is 19.2 Å².